The van der Waals surface area contributed by atoms with E-state index in [0.717, 1.165) is 12.1 Å². The van der Waals surface area contributed by atoms with Crippen LogP contribution in [0.4, 0.5) is 13.2 Å². The van der Waals surface area contributed by atoms with E-state index in [4.69, 9.17) is 23.7 Å². The summed E-state index contributed by atoms with van der Waals surface area (Å²) in [6, 6.07) is 10.3. The zero-order valence-electron chi connectivity index (χ0n) is 23.8. The molecule has 2 aliphatic rings. The molecular weight excluding hydrogens is 611 g/mol. The van der Waals surface area contributed by atoms with Crippen molar-refractivity contribution in [2.45, 2.75) is 69.5 Å². The van der Waals surface area contributed by atoms with Crippen LogP contribution in [0.2, 0.25) is 0 Å². The maximum atomic E-state index is 12.7. The summed E-state index contributed by atoms with van der Waals surface area (Å²) in [6.45, 7) is 3.33. The summed E-state index contributed by atoms with van der Waals surface area (Å²) in [6.07, 6.45) is -0.851. The van der Waals surface area contributed by atoms with Crippen LogP contribution < -0.4 is 8.92 Å². The second-order valence-electron chi connectivity index (χ2n) is 10.3. The van der Waals surface area contributed by atoms with Gasteiger partial charge in [0.2, 0.25) is 0 Å². The molecule has 0 amide bonds. The first-order valence-corrected chi connectivity index (χ1v) is 15.0. The molecular formula is C29H30F3NO10S. The lowest BCUT2D eigenvalue weighted by molar-refractivity contribution is -0.169. The van der Waals surface area contributed by atoms with Crippen LogP contribution in [0, 0.1) is 11.3 Å². The van der Waals surface area contributed by atoms with Gasteiger partial charge in [-0.15, -0.1) is 0 Å². The summed E-state index contributed by atoms with van der Waals surface area (Å²) in [5.74, 6) is -1.15. The van der Waals surface area contributed by atoms with E-state index in [0.29, 0.717) is 42.1 Å². The predicted octanol–water partition coefficient (Wildman–Crippen LogP) is 4.26. The largest absolute Gasteiger partial charge is 0.534 e. The lowest BCUT2D eigenvalue weighted by Crippen LogP contribution is -2.37. The molecule has 238 valence electrons. The molecule has 2 aliphatic heterocycles. The minimum Gasteiger partial charge on any atom is -0.487 e. The molecule has 2 saturated heterocycles. The molecule has 4 atom stereocenters. The Hall–Kier alpha value is -3.87. The Morgan fingerprint density at radius 2 is 1.80 bits per heavy atom. The monoisotopic (exact) mass is 641 g/mol. The lowest BCUT2D eigenvalue weighted by Gasteiger charge is -2.36. The van der Waals surface area contributed by atoms with E-state index in [1.165, 1.54) is 26.0 Å². The molecule has 2 aromatic rings. The second-order valence-corrected chi connectivity index (χ2v) is 11.9. The standard InChI is InChI=1S/C29H30F3NO10S/c1-17(34)39-16-25-12-24(40-18(2)35)13-28(42-25)26-10-20(21(14-33)11-27(26)41-23-7-8-38-15-23)9-19-3-5-22(6-4-19)43-44(36,37)29(30,31)32/h3-6,10-11,23-25,28H,7-9,12-13,15-16H2,1-2H3. The number of nitriles is 1. The number of nitrogens with zero attached hydrogens (tertiary/aromatic N) is 1. The number of hydrogen-bond acceptors (Lipinski definition) is 11. The van der Waals surface area contributed by atoms with E-state index in [1.54, 1.807) is 12.1 Å². The molecule has 2 heterocycles. The Labute approximate surface area is 251 Å². The predicted molar refractivity (Wildman–Crippen MR) is 145 cm³/mol. The molecule has 0 N–H and O–H groups in total. The molecule has 2 aromatic carbocycles. The molecule has 2 fully saturated rings. The maximum Gasteiger partial charge on any atom is 0.534 e. The van der Waals surface area contributed by atoms with E-state index >= 15 is 0 Å². The molecule has 0 radical (unpaired) electrons. The van der Waals surface area contributed by atoms with Crippen LogP contribution >= 0.6 is 0 Å². The van der Waals surface area contributed by atoms with Gasteiger partial charge in [0, 0.05) is 38.7 Å². The van der Waals surface area contributed by atoms with Crippen LogP contribution in [-0.4, -0.2) is 64.0 Å². The number of benzene rings is 2. The van der Waals surface area contributed by atoms with Crippen LogP contribution in [0.15, 0.2) is 36.4 Å². The number of esters is 2. The minimum absolute atomic E-state index is 0.0716. The molecule has 0 saturated carbocycles. The summed E-state index contributed by atoms with van der Waals surface area (Å²) in [5, 5.41) is 9.98. The molecule has 0 bridgehead atoms. The fourth-order valence-corrected chi connectivity index (χ4v) is 5.37. The third kappa shape index (κ3) is 8.61. The molecule has 4 unspecified atom stereocenters. The zero-order chi connectivity index (χ0) is 32.1. The molecule has 0 aromatic heterocycles. The summed E-state index contributed by atoms with van der Waals surface area (Å²) in [4.78, 5) is 23.2. The van der Waals surface area contributed by atoms with Crippen molar-refractivity contribution in [1.82, 2.24) is 0 Å². The number of hydrogen-bond donors (Lipinski definition) is 0. The number of carbonyl (C=O) groups is 2. The van der Waals surface area contributed by atoms with Crippen LogP contribution in [0.25, 0.3) is 0 Å². The highest BCUT2D eigenvalue weighted by molar-refractivity contribution is 7.88. The van der Waals surface area contributed by atoms with Crippen molar-refractivity contribution < 1.29 is 59.0 Å². The van der Waals surface area contributed by atoms with Gasteiger partial charge in [-0.3, -0.25) is 9.59 Å². The highest BCUT2D eigenvalue weighted by atomic mass is 32.2. The fourth-order valence-electron chi connectivity index (χ4n) is 4.91. The Morgan fingerprint density at radius 1 is 1.07 bits per heavy atom. The molecule has 44 heavy (non-hydrogen) atoms. The van der Waals surface area contributed by atoms with Gasteiger partial charge in [-0.1, -0.05) is 12.1 Å². The number of alkyl halides is 3. The molecule has 0 spiro atoms. The number of carbonyl (C=O) groups excluding carboxylic acids is 2. The van der Waals surface area contributed by atoms with Gasteiger partial charge in [-0.25, -0.2) is 0 Å². The van der Waals surface area contributed by atoms with Crippen LogP contribution in [0.3, 0.4) is 0 Å². The van der Waals surface area contributed by atoms with Crippen molar-refractivity contribution in [3.05, 3.63) is 58.7 Å². The van der Waals surface area contributed by atoms with Gasteiger partial charge in [-0.2, -0.15) is 26.9 Å². The molecule has 0 aliphatic carbocycles. The van der Waals surface area contributed by atoms with Crippen molar-refractivity contribution >= 4 is 22.1 Å². The van der Waals surface area contributed by atoms with Crippen LogP contribution in [0.5, 0.6) is 11.5 Å². The van der Waals surface area contributed by atoms with E-state index in [9.17, 15) is 36.4 Å². The van der Waals surface area contributed by atoms with Crippen molar-refractivity contribution in [3.63, 3.8) is 0 Å². The van der Waals surface area contributed by atoms with Gasteiger partial charge in [0.05, 0.1) is 37.1 Å². The average Bonchev–Trinajstić information content (AvgIpc) is 3.45. The summed E-state index contributed by atoms with van der Waals surface area (Å²) in [5.41, 5.74) is -3.72. The van der Waals surface area contributed by atoms with Crippen molar-refractivity contribution in [3.8, 4) is 17.6 Å². The van der Waals surface area contributed by atoms with Gasteiger partial charge >= 0.3 is 27.6 Å². The van der Waals surface area contributed by atoms with Crippen LogP contribution in [0.1, 0.15) is 61.5 Å². The summed E-state index contributed by atoms with van der Waals surface area (Å²) >= 11 is 0. The Morgan fingerprint density at radius 3 is 2.39 bits per heavy atom. The fraction of sp³-hybridized carbons (Fsp3) is 0.483. The van der Waals surface area contributed by atoms with Gasteiger partial charge in [0.25, 0.3) is 0 Å². The average molecular weight is 642 g/mol. The van der Waals surface area contributed by atoms with Gasteiger partial charge < -0.3 is 27.9 Å². The van der Waals surface area contributed by atoms with E-state index < -0.39 is 51.6 Å². The SMILES string of the molecule is CC(=O)OCC1CC(OC(C)=O)CC(c2cc(Cc3ccc(OS(=O)(=O)C(F)(F)F)cc3)c(C#N)cc2OC2CCOC2)O1. The molecule has 11 nitrogen and oxygen atoms in total. The van der Waals surface area contributed by atoms with Crippen molar-refractivity contribution in [2.24, 2.45) is 0 Å². The number of ether oxygens (including phenoxy) is 5. The quantitative estimate of drug-likeness (QED) is 0.208. The van der Waals surface area contributed by atoms with Crippen LogP contribution in [-0.2, 0) is 45.1 Å². The summed E-state index contributed by atoms with van der Waals surface area (Å²) in [7, 11) is -5.83. The first kappa shape index (κ1) is 33.0. The Kier molecular flexibility index (Phi) is 10.4. The molecule has 15 heteroatoms. The highest BCUT2D eigenvalue weighted by Crippen LogP contribution is 2.40. The zero-order valence-corrected chi connectivity index (χ0v) is 24.6. The third-order valence-corrected chi connectivity index (χ3v) is 7.84. The summed E-state index contributed by atoms with van der Waals surface area (Å²) < 4.78 is 93.5. The number of halogens is 3. The minimum atomic E-state index is -5.83. The first-order valence-electron chi connectivity index (χ1n) is 13.6. The first-order chi connectivity index (χ1) is 20.7. The third-order valence-electron chi connectivity index (χ3n) is 6.86. The topological polar surface area (TPSA) is 147 Å². The smallest absolute Gasteiger partial charge is 0.487 e. The number of rotatable bonds is 10. The van der Waals surface area contributed by atoms with Crippen molar-refractivity contribution in [2.75, 3.05) is 19.8 Å². The van der Waals surface area contributed by atoms with E-state index in [2.05, 4.69) is 10.3 Å². The maximum absolute atomic E-state index is 12.7. The van der Waals surface area contributed by atoms with Gasteiger partial charge in [-0.05, 0) is 41.8 Å². The highest BCUT2D eigenvalue weighted by Gasteiger charge is 2.48. The lowest BCUT2D eigenvalue weighted by atomic mass is 9.91. The van der Waals surface area contributed by atoms with E-state index in [1.807, 2.05) is 0 Å². The Bertz CT molecular complexity index is 1500. The van der Waals surface area contributed by atoms with E-state index in [-0.39, 0.29) is 37.5 Å². The van der Waals surface area contributed by atoms with Crippen molar-refractivity contribution in [1.29, 1.82) is 5.26 Å². The Balaban J connectivity index is 1.66. The molecule has 4 rings (SSSR count). The van der Waals surface area contributed by atoms with Gasteiger partial charge in [0.15, 0.2) is 0 Å². The second kappa shape index (κ2) is 13.8. The van der Waals surface area contributed by atoms with Gasteiger partial charge in [0.1, 0.15) is 30.3 Å². The normalized spacial score (nSPS) is 22.1.